The van der Waals surface area contributed by atoms with Gasteiger partial charge < -0.3 is 19.9 Å². The Morgan fingerprint density at radius 1 is 1.33 bits per heavy atom. The number of hydrogen-bond acceptors (Lipinski definition) is 4. The molecule has 100 valence electrons. The molecule has 0 saturated heterocycles. The fourth-order valence-corrected chi connectivity index (χ4v) is 1.56. The lowest BCUT2D eigenvalue weighted by molar-refractivity contribution is -0.139. The smallest absolute Gasteiger partial charge is 0.320 e. The number of methoxy groups -OCH3 is 2. The van der Waals surface area contributed by atoms with Gasteiger partial charge in [0.05, 0.1) is 14.2 Å². The van der Waals surface area contributed by atoms with E-state index in [-0.39, 0.29) is 0 Å². The second kappa shape index (κ2) is 6.26. The van der Waals surface area contributed by atoms with Crippen molar-refractivity contribution in [2.24, 2.45) is 0 Å². The highest BCUT2D eigenvalue weighted by Gasteiger charge is 2.12. The molecule has 0 aliphatic heterocycles. The lowest BCUT2D eigenvalue weighted by Crippen LogP contribution is -2.33. The van der Waals surface area contributed by atoms with Crippen LogP contribution in [0.5, 0.6) is 11.5 Å². The van der Waals surface area contributed by atoms with E-state index in [1.165, 1.54) is 0 Å². The third kappa shape index (κ3) is 3.37. The van der Waals surface area contributed by atoms with Crippen molar-refractivity contribution in [2.75, 3.05) is 14.2 Å². The fourth-order valence-electron chi connectivity index (χ4n) is 1.56. The zero-order chi connectivity index (χ0) is 13.7. The topological polar surface area (TPSA) is 67.8 Å². The maximum atomic E-state index is 10.7. The van der Waals surface area contributed by atoms with Crippen LogP contribution in [0.3, 0.4) is 0 Å². The Balaban J connectivity index is 2.86. The van der Waals surface area contributed by atoms with Gasteiger partial charge in [0.15, 0.2) is 11.5 Å². The zero-order valence-electron chi connectivity index (χ0n) is 11.1. The molecule has 1 aromatic rings. The molecule has 18 heavy (non-hydrogen) atoms. The zero-order valence-corrected chi connectivity index (χ0v) is 11.1. The second-order valence-electron chi connectivity index (χ2n) is 4.07. The third-order valence-corrected chi connectivity index (χ3v) is 2.81. The minimum absolute atomic E-state index is 0.472. The van der Waals surface area contributed by atoms with Crippen molar-refractivity contribution in [3.63, 3.8) is 0 Å². The van der Waals surface area contributed by atoms with E-state index >= 15 is 0 Å². The van der Waals surface area contributed by atoms with Gasteiger partial charge in [-0.25, -0.2) is 0 Å². The normalized spacial score (nSPS) is 12.0. The molecule has 0 unspecified atom stereocenters. The van der Waals surface area contributed by atoms with Crippen molar-refractivity contribution >= 4 is 5.97 Å². The summed E-state index contributed by atoms with van der Waals surface area (Å²) in [7, 11) is 3.16. The van der Waals surface area contributed by atoms with Crippen LogP contribution in [-0.2, 0) is 11.3 Å². The van der Waals surface area contributed by atoms with Crippen LogP contribution in [0.25, 0.3) is 0 Å². The van der Waals surface area contributed by atoms with Gasteiger partial charge >= 0.3 is 5.97 Å². The first kappa shape index (κ1) is 14.3. The van der Waals surface area contributed by atoms with Gasteiger partial charge in [0, 0.05) is 6.54 Å². The van der Waals surface area contributed by atoms with E-state index in [1.54, 1.807) is 21.1 Å². The first-order valence-electron chi connectivity index (χ1n) is 5.67. The molecule has 1 aromatic carbocycles. The molecule has 5 heteroatoms. The molecule has 0 aromatic heterocycles. The van der Waals surface area contributed by atoms with Crippen LogP contribution in [-0.4, -0.2) is 31.3 Å². The Labute approximate surface area is 107 Å². The number of aliphatic carboxylic acids is 1. The molecular weight excluding hydrogens is 234 g/mol. The number of aryl methyl sites for hydroxylation is 1. The molecular formula is C13H19NO4. The van der Waals surface area contributed by atoms with Gasteiger partial charge in [0.25, 0.3) is 0 Å². The molecule has 0 bridgehead atoms. The molecule has 0 fully saturated rings. The molecule has 0 spiro atoms. The van der Waals surface area contributed by atoms with E-state index in [0.717, 1.165) is 11.1 Å². The van der Waals surface area contributed by atoms with Crippen LogP contribution < -0.4 is 14.8 Å². The number of nitrogens with one attached hydrogen (secondary N) is 1. The van der Waals surface area contributed by atoms with Crippen LogP contribution in [0.2, 0.25) is 0 Å². The predicted molar refractivity (Wildman–Crippen MR) is 68.2 cm³/mol. The standard InChI is InChI=1S/C13H19NO4/c1-8-5-11(17-3)12(18-4)6-10(8)7-14-9(2)13(15)16/h5-6,9,14H,7H2,1-4H3,(H,15,16)/t9-/m0/s1. The number of ether oxygens (including phenoxy) is 2. The summed E-state index contributed by atoms with van der Waals surface area (Å²) in [6.45, 7) is 4.03. The molecule has 0 aliphatic carbocycles. The summed E-state index contributed by atoms with van der Waals surface area (Å²) in [5, 5.41) is 11.7. The summed E-state index contributed by atoms with van der Waals surface area (Å²) in [5.74, 6) is 0.445. The van der Waals surface area contributed by atoms with Crippen molar-refractivity contribution in [3.05, 3.63) is 23.3 Å². The summed E-state index contributed by atoms with van der Waals surface area (Å²) >= 11 is 0. The van der Waals surface area contributed by atoms with Gasteiger partial charge in [-0.2, -0.15) is 0 Å². The molecule has 0 radical (unpaired) electrons. The first-order chi connectivity index (χ1) is 8.49. The molecule has 0 heterocycles. The number of carboxylic acid groups (broad SMARTS) is 1. The predicted octanol–water partition coefficient (Wildman–Crippen LogP) is 1.57. The van der Waals surface area contributed by atoms with E-state index in [2.05, 4.69) is 5.32 Å². The summed E-state index contributed by atoms with van der Waals surface area (Å²) in [4.78, 5) is 10.7. The Kier molecular flexibility index (Phi) is 4.97. The summed E-state index contributed by atoms with van der Waals surface area (Å²) in [6.07, 6.45) is 0. The van der Waals surface area contributed by atoms with E-state index in [1.807, 2.05) is 19.1 Å². The molecule has 1 rings (SSSR count). The van der Waals surface area contributed by atoms with Crippen LogP contribution in [0, 0.1) is 6.92 Å². The Bertz CT molecular complexity index is 431. The fraction of sp³-hybridized carbons (Fsp3) is 0.462. The van der Waals surface area contributed by atoms with Crippen LogP contribution in [0.15, 0.2) is 12.1 Å². The number of carbonyl (C=O) groups is 1. The molecule has 0 saturated carbocycles. The quantitative estimate of drug-likeness (QED) is 0.805. The Hall–Kier alpha value is -1.75. The lowest BCUT2D eigenvalue weighted by atomic mass is 10.1. The number of carboxylic acids is 1. The monoisotopic (exact) mass is 253 g/mol. The van der Waals surface area contributed by atoms with E-state index in [0.29, 0.717) is 18.0 Å². The van der Waals surface area contributed by atoms with Gasteiger partial charge in [-0.3, -0.25) is 4.79 Å². The van der Waals surface area contributed by atoms with Crippen molar-refractivity contribution in [1.29, 1.82) is 0 Å². The molecule has 5 nitrogen and oxygen atoms in total. The SMILES string of the molecule is COc1cc(C)c(CN[C@@H](C)C(=O)O)cc1OC. The van der Waals surface area contributed by atoms with Gasteiger partial charge in [-0.15, -0.1) is 0 Å². The van der Waals surface area contributed by atoms with Crippen molar-refractivity contribution < 1.29 is 19.4 Å². The van der Waals surface area contributed by atoms with Crippen LogP contribution >= 0.6 is 0 Å². The third-order valence-electron chi connectivity index (χ3n) is 2.81. The average Bonchev–Trinajstić information content (AvgIpc) is 2.36. The van der Waals surface area contributed by atoms with Gasteiger partial charge in [0.2, 0.25) is 0 Å². The lowest BCUT2D eigenvalue weighted by Gasteiger charge is -2.14. The minimum Gasteiger partial charge on any atom is -0.493 e. The highest BCUT2D eigenvalue weighted by atomic mass is 16.5. The maximum absolute atomic E-state index is 10.7. The van der Waals surface area contributed by atoms with E-state index in [4.69, 9.17) is 14.6 Å². The average molecular weight is 253 g/mol. The highest BCUT2D eigenvalue weighted by Crippen LogP contribution is 2.30. The number of hydrogen-bond donors (Lipinski definition) is 2. The first-order valence-corrected chi connectivity index (χ1v) is 5.67. The van der Waals surface area contributed by atoms with Crippen LogP contribution in [0.4, 0.5) is 0 Å². The van der Waals surface area contributed by atoms with Crippen molar-refractivity contribution in [3.8, 4) is 11.5 Å². The summed E-state index contributed by atoms with van der Waals surface area (Å²) in [6, 6.07) is 3.15. The number of benzene rings is 1. The summed E-state index contributed by atoms with van der Waals surface area (Å²) in [5.41, 5.74) is 2.01. The Morgan fingerprint density at radius 3 is 2.39 bits per heavy atom. The van der Waals surface area contributed by atoms with E-state index < -0.39 is 12.0 Å². The molecule has 1 atom stereocenters. The minimum atomic E-state index is -0.867. The van der Waals surface area contributed by atoms with Gasteiger partial charge in [-0.05, 0) is 37.1 Å². The van der Waals surface area contributed by atoms with E-state index in [9.17, 15) is 4.79 Å². The second-order valence-corrected chi connectivity index (χ2v) is 4.07. The van der Waals surface area contributed by atoms with Gasteiger partial charge in [0.1, 0.15) is 6.04 Å². The number of rotatable bonds is 6. The molecule has 0 amide bonds. The van der Waals surface area contributed by atoms with Crippen molar-refractivity contribution in [2.45, 2.75) is 26.4 Å². The van der Waals surface area contributed by atoms with Crippen molar-refractivity contribution in [1.82, 2.24) is 5.32 Å². The van der Waals surface area contributed by atoms with Gasteiger partial charge in [-0.1, -0.05) is 0 Å². The largest absolute Gasteiger partial charge is 0.493 e. The van der Waals surface area contributed by atoms with Crippen LogP contribution in [0.1, 0.15) is 18.1 Å². The summed E-state index contributed by atoms with van der Waals surface area (Å²) < 4.78 is 10.4. The highest BCUT2D eigenvalue weighted by molar-refractivity contribution is 5.72. The Morgan fingerprint density at radius 2 is 1.89 bits per heavy atom. The maximum Gasteiger partial charge on any atom is 0.320 e. The molecule has 2 N–H and O–H groups in total. The molecule has 0 aliphatic rings.